The second-order valence-corrected chi connectivity index (χ2v) is 8.90. The smallest absolute Gasteiger partial charge is 0.227 e. The number of nitrogens with zero attached hydrogens (tertiary/aromatic N) is 1. The normalized spacial score (nSPS) is 16.1. The summed E-state index contributed by atoms with van der Waals surface area (Å²) < 4.78 is 26.0. The van der Waals surface area contributed by atoms with Gasteiger partial charge in [-0.25, -0.2) is 12.7 Å². The summed E-state index contributed by atoms with van der Waals surface area (Å²) in [5, 5.41) is 5.63. The molecule has 0 unspecified atom stereocenters. The van der Waals surface area contributed by atoms with E-state index in [2.05, 4.69) is 10.6 Å². The first-order chi connectivity index (χ1) is 12.9. The quantitative estimate of drug-likeness (QED) is 0.707. The van der Waals surface area contributed by atoms with E-state index in [9.17, 15) is 18.0 Å². The predicted octanol–water partition coefficient (Wildman–Crippen LogP) is 2.82. The minimum atomic E-state index is -3.20. The Kier molecular flexibility index (Phi) is 7.79. The third-order valence-electron chi connectivity index (χ3n) is 4.73. The average Bonchev–Trinajstić information content (AvgIpc) is 2.68. The number of sulfonamides is 1. The fraction of sp³-hybridized carbons (Fsp3) is 0.579. The molecule has 1 aromatic carbocycles. The van der Waals surface area contributed by atoms with Crippen LogP contribution in [0.3, 0.4) is 0 Å². The maximum absolute atomic E-state index is 12.5. The Morgan fingerprint density at radius 3 is 2.11 bits per heavy atom. The van der Waals surface area contributed by atoms with Crippen molar-refractivity contribution in [2.45, 2.75) is 46.0 Å². The minimum Gasteiger partial charge on any atom is -0.326 e. The number of hydrogen-bond donors (Lipinski definition) is 2. The van der Waals surface area contributed by atoms with Crippen molar-refractivity contribution in [2.75, 3.05) is 29.5 Å². The molecule has 1 saturated heterocycles. The van der Waals surface area contributed by atoms with Gasteiger partial charge in [0.1, 0.15) is 0 Å². The average molecular weight is 396 g/mol. The lowest BCUT2D eigenvalue weighted by Gasteiger charge is -2.30. The number of nitrogens with one attached hydrogen (secondary N) is 2. The van der Waals surface area contributed by atoms with Crippen LogP contribution in [0.2, 0.25) is 0 Å². The monoisotopic (exact) mass is 395 g/mol. The fourth-order valence-electron chi connectivity index (χ4n) is 2.98. The molecule has 2 amide bonds. The van der Waals surface area contributed by atoms with Crippen LogP contribution in [0.5, 0.6) is 0 Å². The standard InChI is InChI=1S/C19H29N3O4S/c1-3-5-14-27(25,26)22-12-10-15(11-13-22)19(24)21-17-8-6-16(7-9-17)20-18(23)4-2/h6-9,15H,3-5,10-14H2,1-2H3,(H,20,23)(H,21,24). The van der Waals surface area contributed by atoms with Crippen LogP contribution < -0.4 is 10.6 Å². The summed E-state index contributed by atoms with van der Waals surface area (Å²) in [7, 11) is -3.20. The van der Waals surface area contributed by atoms with E-state index in [0.29, 0.717) is 50.1 Å². The molecule has 2 N–H and O–H groups in total. The SMILES string of the molecule is CCCCS(=O)(=O)N1CCC(C(=O)Nc2ccc(NC(=O)CC)cc2)CC1. The zero-order chi connectivity index (χ0) is 19.9. The Bertz CT molecular complexity index is 739. The first-order valence-corrected chi connectivity index (χ1v) is 11.1. The van der Waals surface area contributed by atoms with Gasteiger partial charge in [0.15, 0.2) is 0 Å². The third-order valence-corrected chi connectivity index (χ3v) is 6.69. The number of rotatable bonds is 8. The molecule has 1 aliphatic rings. The van der Waals surface area contributed by atoms with Crippen molar-refractivity contribution in [2.24, 2.45) is 5.92 Å². The Hall–Kier alpha value is -1.93. The van der Waals surface area contributed by atoms with Gasteiger partial charge >= 0.3 is 0 Å². The zero-order valence-corrected chi connectivity index (χ0v) is 16.8. The topological polar surface area (TPSA) is 95.6 Å². The lowest BCUT2D eigenvalue weighted by Crippen LogP contribution is -2.42. The number of carbonyl (C=O) groups excluding carboxylic acids is 2. The Morgan fingerprint density at radius 2 is 1.59 bits per heavy atom. The van der Waals surface area contributed by atoms with Gasteiger partial charge in [-0.1, -0.05) is 20.3 Å². The van der Waals surface area contributed by atoms with E-state index in [1.54, 1.807) is 31.2 Å². The fourth-order valence-corrected chi connectivity index (χ4v) is 4.66. The first-order valence-electron chi connectivity index (χ1n) is 9.54. The number of unbranched alkanes of at least 4 members (excludes halogenated alkanes) is 1. The molecule has 0 spiro atoms. The number of benzene rings is 1. The number of piperidine rings is 1. The van der Waals surface area contributed by atoms with Gasteiger partial charge in [0, 0.05) is 36.8 Å². The van der Waals surface area contributed by atoms with Crippen LogP contribution in [-0.2, 0) is 19.6 Å². The van der Waals surface area contributed by atoms with Crippen LogP contribution in [0.15, 0.2) is 24.3 Å². The maximum Gasteiger partial charge on any atom is 0.227 e. The molecule has 0 aromatic heterocycles. The van der Waals surface area contributed by atoms with Gasteiger partial charge in [-0.2, -0.15) is 0 Å². The third kappa shape index (κ3) is 6.32. The van der Waals surface area contributed by atoms with Crippen LogP contribution in [0, 0.1) is 5.92 Å². The summed E-state index contributed by atoms with van der Waals surface area (Å²) in [4.78, 5) is 23.8. The van der Waals surface area contributed by atoms with E-state index in [0.717, 1.165) is 6.42 Å². The second-order valence-electron chi connectivity index (χ2n) is 6.81. The van der Waals surface area contributed by atoms with Crippen LogP contribution >= 0.6 is 0 Å². The number of hydrogen-bond acceptors (Lipinski definition) is 4. The van der Waals surface area contributed by atoms with E-state index in [1.807, 2.05) is 6.92 Å². The molecule has 7 nitrogen and oxygen atoms in total. The molecule has 0 bridgehead atoms. The van der Waals surface area contributed by atoms with E-state index in [-0.39, 0.29) is 23.5 Å². The molecule has 1 aromatic rings. The summed E-state index contributed by atoms with van der Waals surface area (Å²) >= 11 is 0. The molecular weight excluding hydrogens is 366 g/mol. The van der Waals surface area contributed by atoms with Gasteiger partial charge < -0.3 is 10.6 Å². The zero-order valence-electron chi connectivity index (χ0n) is 16.0. The van der Waals surface area contributed by atoms with Gasteiger partial charge in [0.2, 0.25) is 21.8 Å². The van der Waals surface area contributed by atoms with E-state index < -0.39 is 10.0 Å². The molecule has 27 heavy (non-hydrogen) atoms. The van der Waals surface area contributed by atoms with Crippen molar-refractivity contribution in [1.82, 2.24) is 4.31 Å². The second kappa shape index (κ2) is 9.85. The van der Waals surface area contributed by atoms with Crippen LogP contribution in [0.4, 0.5) is 11.4 Å². The highest BCUT2D eigenvalue weighted by atomic mass is 32.2. The number of amides is 2. The lowest BCUT2D eigenvalue weighted by atomic mass is 9.97. The van der Waals surface area contributed by atoms with Gasteiger partial charge in [0.05, 0.1) is 5.75 Å². The molecule has 2 rings (SSSR count). The Morgan fingerprint density at radius 1 is 1.04 bits per heavy atom. The Labute approximate surface area is 161 Å². The molecule has 0 radical (unpaired) electrons. The minimum absolute atomic E-state index is 0.0626. The van der Waals surface area contributed by atoms with Crippen LogP contribution in [0.25, 0.3) is 0 Å². The van der Waals surface area contributed by atoms with Crippen molar-refractivity contribution in [1.29, 1.82) is 0 Å². The number of anilines is 2. The molecule has 1 heterocycles. The molecule has 1 fully saturated rings. The molecule has 0 atom stereocenters. The highest BCUT2D eigenvalue weighted by Crippen LogP contribution is 2.22. The van der Waals surface area contributed by atoms with Crippen molar-refractivity contribution in [3.8, 4) is 0 Å². The van der Waals surface area contributed by atoms with Gasteiger partial charge in [0.25, 0.3) is 0 Å². The molecule has 0 aliphatic carbocycles. The van der Waals surface area contributed by atoms with Crippen molar-refractivity contribution in [3.63, 3.8) is 0 Å². The van der Waals surface area contributed by atoms with E-state index in [1.165, 1.54) is 4.31 Å². The van der Waals surface area contributed by atoms with Crippen molar-refractivity contribution >= 4 is 33.2 Å². The molecule has 150 valence electrons. The largest absolute Gasteiger partial charge is 0.326 e. The van der Waals surface area contributed by atoms with E-state index >= 15 is 0 Å². The van der Waals surface area contributed by atoms with Gasteiger partial charge in [-0.3, -0.25) is 9.59 Å². The highest BCUT2D eigenvalue weighted by Gasteiger charge is 2.30. The summed E-state index contributed by atoms with van der Waals surface area (Å²) in [5.41, 5.74) is 1.35. The lowest BCUT2D eigenvalue weighted by molar-refractivity contribution is -0.121. The van der Waals surface area contributed by atoms with Crippen molar-refractivity contribution in [3.05, 3.63) is 24.3 Å². The van der Waals surface area contributed by atoms with Crippen LogP contribution in [-0.4, -0.2) is 43.4 Å². The van der Waals surface area contributed by atoms with Gasteiger partial charge in [-0.05, 0) is 43.5 Å². The predicted molar refractivity (Wildman–Crippen MR) is 107 cm³/mol. The number of carbonyl (C=O) groups is 2. The summed E-state index contributed by atoms with van der Waals surface area (Å²) in [6, 6.07) is 6.97. The molecule has 1 aliphatic heterocycles. The summed E-state index contributed by atoms with van der Waals surface area (Å²) in [6.45, 7) is 4.54. The van der Waals surface area contributed by atoms with Gasteiger partial charge in [-0.15, -0.1) is 0 Å². The Balaban J connectivity index is 1.84. The highest BCUT2D eigenvalue weighted by molar-refractivity contribution is 7.89. The molecule has 0 saturated carbocycles. The van der Waals surface area contributed by atoms with Crippen LogP contribution in [0.1, 0.15) is 46.0 Å². The maximum atomic E-state index is 12.5. The summed E-state index contributed by atoms with van der Waals surface area (Å²) in [5.74, 6) is -0.165. The molecule has 8 heteroatoms. The van der Waals surface area contributed by atoms with Crippen molar-refractivity contribution < 1.29 is 18.0 Å². The summed E-state index contributed by atoms with van der Waals surface area (Å²) in [6.07, 6.45) is 2.98. The van der Waals surface area contributed by atoms with E-state index in [4.69, 9.17) is 0 Å². The first kappa shape index (κ1) is 21.4. The molecular formula is C19H29N3O4S.